The highest BCUT2D eigenvalue weighted by Gasteiger charge is 2.16. The molecule has 1 fully saturated rings. The number of amides is 1. The number of pyridine rings is 1. The van der Waals surface area contributed by atoms with Crippen LogP contribution in [0.25, 0.3) is 0 Å². The van der Waals surface area contributed by atoms with Crippen molar-refractivity contribution in [2.24, 2.45) is 0 Å². The Hall–Kier alpha value is -2.56. The molecule has 1 aliphatic rings. The van der Waals surface area contributed by atoms with Gasteiger partial charge in [0, 0.05) is 44.6 Å². The maximum absolute atomic E-state index is 12.5. The third kappa shape index (κ3) is 4.15. The Balaban J connectivity index is 1.64. The zero-order chi connectivity index (χ0) is 18.4. The Morgan fingerprint density at radius 2 is 1.85 bits per heavy atom. The van der Waals surface area contributed by atoms with Gasteiger partial charge in [0.15, 0.2) is 0 Å². The number of nitrogens with one attached hydrogen (secondary N) is 1. The van der Waals surface area contributed by atoms with Gasteiger partial charge in [0.05, 0.1) is 5.56 Å². The van der Waals surface area contributed by atoms with E-state index in [-0.39, 0.29) is 5.91 Å². The molecular formula is C21H28N4O. The van der Waals surface area contributed by atoms with E-state index >= 15 is 0 Å². The van der Waals surface area contributed by atoms with Gasteiger partial charge in [0.25, 0.3) is 5.91 Å². The molecule has 138 valence electrons. The third-order valence-corrected chi connectivity index (χ3v) is 4.98. The first kappa shape index (κ1) is 18.2. The van der Waals surface area contributed by atoms with Crippen molar-refractivity contribution in [3.63, 3.8) is 0 Å². The molecule has 0 spiro atoms. The molecular weight excluding hydrogens is 324 g/mol. The van der Waals surface area contributed by atoms with E-state index in [0.717, 1.165) is 37.6 Å². The van der Waals surface area contributed by atoms with Gasteiger partial charge in [0.2, 0.25) is 0 Å². The number of aromatic nitrogens is 1. The largest absolute Gasteiger partial charge is 0.371 e. The van der Waals surface area contributed by atoms with Gasteiger partial charge in [-0.05, 0) is 50.5 Å². The Morgan fingerprint density at radius 3 is 2.50 bits per heavy atom. The summed E-state index contributed by atoms with van der Waals surface area (Å²) in [6, 6.07) is 12.1. The number of benzene rings is 1. The first-order valence-corrected chi connectivity index (χ1v) is 9.55. The van der Waals surface area contributed by atoms with Crippen LogP contribution in [-0.2, 0) is 6.54 Å². The average molecular weight is 352 g/mol. The Bertz CT molecular complexity index is 719. The lowest BCUT2D eigenvalue weighted by Gasteiger charge is -2.21. The van der Waals surface area contributed by atoms with Crippen LogP contribution in [-0.4, -0.2) is 37.1 Å². The van der Waals surface area contributed by atoms with Crippen LogP contribution in [0.3, 0.4) is 0 Å². The van der Waals surface area contributed by atoms with Crippen LogP contribution in [0, 0.1) is 0 Å². The molecule has 0 aliphatic carbocycles. The van der Waals surface area contributed by atoms with E-state index < -0.39 is 0 Å². The minimum atomic E-state index is -0.0835. The maximum atomic E-state index is 12.5. The molecule has 2 heterocycles. The van der Waals surface area contributed by atoms with Crippen molar-refractivity contribution in [2.75, 3.05) is 36.0 Å². The number of hydrogen-bond donors (Lipinski definition) is 1. The third-order valence-electron chi connectivity index (χ3n) is 4.98. The molecule has 0 bridgehead atoms. The minimum Gasteiger partial charge on any atom is -0.371 e. The van der Waals surface area contributed by atoms with E-state index in [2.05, 4.69) is 52.1 Å². The Kier molecular flexibility index (Phi) is 6.10. The van der Waals surface area contributed by atoms with Crippen LogP contribution in [0.1, 0.15) is 42.6 Å². The van der Waals surface area contributed by atoms with Gasteiger partial charge in [-0.2, -0.15) is 0 Å². The summed E-state index contributed by atoms with van der Waals surface area (Å²) in [5, 5.41) is 3.04. The van der Waals surface area contributed by atoms with Gasteiger partial charge >= 0.3 is 0 Å². The second-order valence-corrected chi connectivity index (χ2v) is 6.58. The minimum absolute atomic E-state index is 0.0835. The second kappa shape index (κ2) is 8.70. The summed E-state index contributed by atoms with van der Waals surface area (Å²) in [4.78, 5) is 21.5. The van der Waals surface area contributed by atoms with Crippen LogP contribution in [0.4, 0.5) is 11.5 Å². The fourth-order valence-electron chi connectivity index (χ4n) is 3.46. The topological polar surface area (TPSA) is 48.5 Å². The van der Waals surface area contributed by atoms with Crippen molar-refractivity contribution in [3.8, 4) is 0 Å². The summed E-state index contributed by atoms with van der Waals surface area (Å²) in [6.45, 7) is 8.74. The lowest BCUT2D eigenvalue weighted by atomic mass is 10.1. The monoisotopic (exact) mass is 352 g/mol. The van der Waals surface area contributed by atoms with E-state index in [4.69, 9.17) is 0 Å². The summed E-state index contributed by atoms with van der Waals surface area (Å²) < 4.78 is 0. The summed E-state index contributed by atoms with van der Waals surface area (Å²) in [6.07, 6.45) is 4.14. The number of anilines is 2. The molecule has 3 rings (SSSR count). The van der Waals surface area contributed by atoms with Crippen molar-refractivity contribution in [3.05, 3.63) is 53.7 Å². The molecule has 26 heavy (non-hydrogen) atoms. The van der Waals surface area contributed by atoms with Gasteiger partial charge in [-0.3, -0.25) is 4.79 Å². The van der Waals surface area contributed by atoms with Crippen LogP contribution in [0.5, 0.6) is 0 Å². The van der Waals surface area contributed by atoms with E-state index in [1.54, 1.807) is 6.20 Å². The van der Waals surface area contributed by atoms with Crippen LogP contribution in [0.2, 0.25) is 0 Å². The number of carbonyl (C=O) groups is 1. The normalized spacial score (nSPS) is 13.7. The molecule has 1 aromatic carbocycles. The van der Waals surface area contributed by atoms with E-state index in [1.807, 2.05) is 18.2 Å². The molecule has 1 aliphatic heterocycles. The number of para-hydroxylation sites is 1. The predicted molar refractivity (Wildman–Crippen MR) is 107 cm³/mol. The standard InChI is InChI=1S/C21H28N4O/c1-3-24(4-2)20-12-11-18(16-22-20)21(26)23-15-17-9-5-6-10-19(17)25-13-7-8-14-25/h5-6,9-12,16H,3-4,7-8,13-15H2,1-2H3,(H,23,26). The number of carbonyl (C=O) groups excluding carboxylic acids is 1. The quantitative estimate of drug-likeness (QED) is 0.829. The van der Waals surface area contributed by atoms with Crippen molar-refractivity contribution >= 4 is 17.4 Å². The highest BCUT2D eigenvalue weighted by molar-refractivity contribution is 5.94. The van der Waals surface area contributed by atoms with Crippen LogP contribution >= 0.6 is 0 Å². The predicted octanol–water partition coefficient (Wildman–Crippen LogP) is 3.46. The van der Waals surface area contributed by atoms with Crippen molar-refractivity contribution < 1.29 is 4.79 Å². The molecule has 0 saturated carbocycles. The van der Waals surface area contributed by atoms with Gasteiger partial charge < -0.3 is 15.1 Å². The van der Waals surface area contributed by atoms with Crippen molar-refractivity contribution in [2.45, 2.75) is 33.2 Å². The van der Waals surface area contributed by atoms with Gasteiger partial charge in [-0.1, -0.05) is 18.2 Å². The van der Waals surface area contributed by atoms with Crippen LogP contribution < -0.4 is 15.1 Å². The van der Waals surface area contributed by atoms with E-state index in [9.17, 15) is 4.79 Å². The Morgan fingerprint density at radius 1 is 1.12 bits per heavy atom. The molecule has 2 aromatic rings. The number of nitrogens with zero attached hydrogens (tertiary/aromatic N) is 3. The molecule has 0 unspecified atom stereocenters. The zero-order valence-electron chi connectivity index (χ0n) is 15.7. The molecule has 5 heteroatoms. The first-order valence-electron chi connectivity index (χ1n) is 9.55. The second-order valence-electron chi connectivity index (χ2n) is 6.58. The van der Waals surface area contributed by atoms with Gasteiger partial charge in [0.1, 0.15) is 5.82 Å². The molecule has 0 atom stereocenters. The van der Waals surface area contributed by atoms with Crippen LogP contribution in [0.15, 0.2) is 42.6 Å². The molecule has 1 N–H and O–H groups in total. The summed E-state index contributed by atoms with van der Waals surface area (Å²) in [7, 11) is 0. The van der Waals surface area contributed by atoms with Crippen molar-refractivity contribution in [1.82, 2.24) is 10.3 Å². The average Bonchev–Trinajstić information content (AvgIpc) is 3.22. The fraction of sp³-hybridized carbons (Fsp3) is 0.429. The SMILES string of the molecule is CCN(CC)c1ccc(C(=O)NCc2ccccc2N2CCCC2)cn1. The molecule has 5 nitrogen and oxygen atoms in total. The molecule has 1 saturated heterocycles. The highest BCUT2D eigenvalue weighted by Crippen LogP contribution is 2.24. The first-order chi connectivity index (χ1) is 12.7. The smallest absolute Gasteiger partial charge is 0.253 e. The highest BCUT2D eigenvalue weighted by atomic mass is 16.1. The van der Waals surface area contributed by atoms with Gasteiger partial charge in [-0.25, -0.2) is 4.98 Å². The summed E-state index contributed by atoms with van der Waals surface area (Å²) >= 11 is 0. The van der Waals surface area contributed by atoms with Gasteiger partial charge in [-0.15, -0.1) is 0 Å². The maximum Gasteiger partial charge on any atom is 0.253 e. The number of rotatable bonds is 7. The van der Waals surface area contributed by atoms with Crippen molar-refractivity contribution in [1.29, 1.82) is 0 Å². The lowest BCUT2D eigenvalue weighted by Crippen LogP contribution is -2.26. The Labute approximate surface area is 156 Å². The number of hydrogen-bond acceptors (Lipinski definition) is 4. The van der Waals surface area contributed by atoms with E-state index in [0.29, 0.717) is 12.1 Å². The summed E-state index contributed by atoms with van der Waals surface area (Å²) in [5.74, 6) is 0.825. The lowest BCUT2D eigenvalue weighted by molar-refractivity contribution is 0.0950. The fourth-order valence-corrected chi connectivity index (χ4v) is 3.46. The molecule has 1 amide bonds. The summed E-state index contributed by atoms with van der Waals surface area (Å²) in [5.41, 5.74) is 3.00. The zero-order valence-corrected chi connectivity index (χ0v) is 15.7. The molecule has 0 radical (unpaired) electrons. The van der Waals surface area contributed by atoms with E-state index in [1.165, 1.54) is 18.5 Å². The molecule has 1 aromatic heterocycles.